The fraction of sp³-hybridized carbons (Fsp3) is 0.655. The summed E-state index contributed by atoms with van der Waals surface area (Å²) < 4.78 is 12.9. The predicted octanol–water partition coefficient (Wildman–Crippen LogP) is 7.55. The number of Topliss-reactive ketones (excluding diaryl/α,β-unsaturated/α-hetero) is 1. The molecule has 1 aromatic carbocycles. The van der Waals surface area contributed by atoms with Crippen LogP contribution in [0, 0.1) is 6.92 Å². The van der Waals surface area contributed by atoms with E-state index in [2.05, 4.69) is 21.5 Å². The molecular formula is C29H50N4O3. The van der Waals surface area contributed by atoms with E-state index in [1.54, 1.807) is 7.11 Å². The summed E-state index contributed by atoms with van der Waals surface area (Å²) >= 11 is 0. The van der Waals surface area contributed by atoms with Crippen LogP contribution in [-0.2, 0) is 16.0 Å². The zero-order chi connectivity index (χ0) is 27.3. The number of benzene rings is 1. The summed E-state index contributed by atoms with van der Waals surface area (Å²) in [4.78, 5) is 16.5. The minimum atomic E-state index is 0.387. The van der Waals surface area contributed by atoms with E-state index in [1.165, 1.54) is 0 Å². The van der Waals surface area contributed by atoms with Gasteiger partial charge in [-0.05, 0) is 44.7 Å². The summed E-state index contributed by atoms with van der Waals surface area (Å²) in [5.74, 6) is 2.01. The summed E-state index contributed by atoms with van der Waals surface area (Å²) in [6.07, 6.45) is 7.36. The Morgan fingerprint density at radius 1 is 0.917 bits per heavy atom. The molecule has 0 radical (unpaired) electrons. The number of unbranched alkanes of at least 4 members (excludes halogenated alkanes) is 3. The van der Waals surface area contributed by atoms with E-state index in [9.17, 15) is 4.79 Å². The fourth-order valence-corrected chi connectivity index (χ4v) is 3.69. The lowest BCUT2D eigenvalue weighted by Crippen LogP contribution is -2.05. The third-order valence-electron chi connectivity index (χ3n) is 5.23. The highest BCUT2D eigenvalue weighted by Crippen LogP contribution is 2.24. The Bertz CT molecular complexity index is 985. The number of aromatic nitrogens is 4. The number of hydrogen-bond donors (Lipinski definition) is 0. The van der Waals surface area contributed by atoms with E-state index in [-0.39, 0.29) is 0 Å². The van der Waals surface area contributed by atoms with Gasteiger partial charge in [-0.1, -0.05) is 61.3 Å². The first-order valence-corrected chi connectivity index (χ1v) is 13.9. The fourth-order valence-electron chi connectivity index (χ4n) is 3.69. The van der Waals surface area contributed by atoms with Crippen LogP contribution in [0.25, 0.3) is 16.7 Å². The Kier molecular flexibility index (Phi) is 19.2. The standard InChI is InChI=1S/C23H32N4O3.3C2H6/c1-4-9-18(28)10-7-5-6-8-11-20-23-26-25-17(2)27(23)22-13-12-19(16-21(22)24-20)30-15-14-29-3;3*1-2/h12-13,16H,4-11,14-15H2,1-3H3;3*1-2H3. The van der Waals surface area contributed by atoms with Gasteiger partial charge >= 0.3 is 0 Å². The first kappa shape index (κ1) is 33.5. The van der Waals surface area contributed by atoms with E-state index in [0.29, 0.717) is 31.8 Å². The molecule has 0 spiro atoms. The largest absolute Gasteiger partial charge is 0.491 e. The maximum atomic E-state index is 11.6. The molecule has 0 aliphatic heterocycles. The van der Waals surface area contributed by atoms with Crippen LogP contribution < -0.4 is 4.74 Å². The summed E-state index contributed by atoms with van der Waals surface area (Å²) in [7, 11) is 1.66. The molecule has 0 unspecified atom stereocenters. The zero-order valence-corrected chi connectivity index (χ0v) is 24.3. The van der Waals surface area contributed by atoms with Gasteiger partial charge < -0.3 is 9.47 Å². The molecule has 0 aliphatic rings. The molecule has 2 heterocycles. The Balaban J connectivity index is 0.00000190. The second-order valence-electron chi connectivity index (χ2n) is 7.66. The molecule has 7 heteroatoms. The quantitative estimate of drug-likeness (QED) is 0.224. The number of carbonyl (C=O) groups is 1. The first-order chi connectivity index (χ1) is 17.6. The summed E-state index contributed by atoms with van der Waals surface area (Å²) in [6, 6.07) is 5.91. The van der Waals surface area contributed by atoms with Gasteiger partial charge in [0, 0.05) is 26.0 Å². The molecule has 3 aromatic rings. The number of ketones is 1. The average molecular weight is 503 g/mol. The monoisotopic (exact) mass is 502 g/mol. The molecule has 0 fully saturated rings. The van der Waals surface area contributed by atoms with Crippen LogP contribution >= 0.6 is 0 Å². The van der Waals surface area contributed by atoms with Gasteiger partial charge in [-0.3, -0.25) is 9.20 Å². The lowest BCUT2D eigenvalue weighted by molar-refractivity contribution is -0.119. The zero-order valence-electron chi connectivity index (χ0n) is 24.3. The van der Waals surface area contributed by atoms with Crippen molar-refractivity contribution in [3.05, 3.63) is 29.7 Å². The van der Waals surface area contributed by atoms with Gasteiger partial charge in [-0.2, -0.15) is 0 Å². The first-order valence-electron chi connectivity index (χ1n) is 13.9. The van der Waals surface area contributed by atoms with Crippen molar-refractivity contribution >= 4 is 22.5 Å². The minimum absolute atomic E-state index is 0.387. The molecule has 2 aromatic heterocycles. The van der Waals surface area contributed by atoms with Gasteiger partial charge in [0.15, 0.2) is 5.65 Å². The molecule has 0 N–H and O–H groups in total. The summed E-state index contributed by atoms with van der Waals surface area (Å²) in [6.45, 7) is 17.1. The second kappa shape index (κ2) is 20.6. The number of fused-ring (bicyclic) bond motifs is 3. The summed E-state index contributed by atoms with van der Waals surface area (Å²) in [5, 5.41) is 8.64. The van der Waals surface area contributed by atoms with E-state index >= 15 is 0 Å². The predicted molar refractivity (Wildman–Crippen MR) is 151 cm³/mol. The normalized spacial score (nSPS) is 10.0. The van der Waals surface area contributed by atoms with Crippen molar-refractivity contribution in [1.82, 2.24) is 19.6 Å². The highest BCUT2D eigenvalue weighted by molar-refractivity contribution is 5.80. The molecule has 0 atom stereocenters. The van der Waals surface area contributed by atoms with Crippen LogP contribution in [0.2, 0.25) is 0 Å². The van der Waals surface area contributed by atoms with E-state index in [0.717, 1.165) is 72.5 Å². The molecule has 0 saturated heterocycles. The van der Waals surface area contributed by atoms with Gasteiger partial charge in [0.25, 0.3) is 0 Å². The van der Waals surface area contributed by atoms with Crippen molar-refractivity contribution in [3.63, 3.8) is 0 Å². The highest BCUT2D eigenvalue weighted by Gasteiger charge is 2.13. The van der Waals surface area contributed by atoms with Crippen molar-refractivity contribution in [2.24, 2.45) is 0 Å². The molecule has 3 rings (SSSR count). The average Bonchev–Trinajstić information content (AvgIpc) is 3.31. The smallest absolute Gasteiger partial charge is 0.183 e. The Labute approximate surface area is 219 Å². The number of rotatable bonds is 13. The van der Waals surface area contributed by atoms with E-state index < -0.39 is 0 Å². The SMILES string of the molecule is CC.CC.CC.CCCC(=O)CCCCCCc1nc2cc(OCCOC)ccc2n2c(C)nnc12. The van der Waals surface area contributed by atoms with Crippen molar-refractivity contribution in [2.45, 2.75) is 107 Å². The Hall–Kier alpha value is -2.54. The van der Waals surface area contributed by atoms with Gasteiger partial charge in [-0.15, -0.1) is 10.2 Å². The lowest BCUT2D eigenvalue weighted by Gasteiger charge is -2.10. The topological polar surface area (TPSA) is 78.6 Å². The van der Waals surface area contributed by atoms with E-state index in [4.69, 9.17) is 14.5 Å². The Morgan fingerprint density at radius 2 is 1.61 bits per heavy atom. The number of hydrogen-bond acceptors (Lipinski definition) is 6. The maximum Gasteiger partial charge on any atom is 0.183 e. The maximum absolute atomic E-state index is 11.6. The number of carbonyl (C=O) groups excluding carboxylic acids is 1. The van der Waals surface area contributed by atoms with Crippen LogP contribution in [-0.4, -0.2) is 45.7 Å². The van der Waals surface area contributed by atoms with Gasteiger partial charge in [0.2, 0.25) is 0 Å². The van der Waals surface area contributed by atoms with Gasteiger partial charge in [-0.25, -0.2) is 4.98 Å². The molecule has 0 bridgehead atoms. The molecule has 36 heavy (non-hydrogen) atoms. The molecular weight excluding hydrogens is 452 g/mol. The number of methoxy groups -OCH3 is 1. The Morgan fingerprint density at radius 3 is 2.28 bits per heavy atom. The van der Waals surface area contributed by atoms with E-state index in [1.807, 2.05) is 66.7 Å². The van der Waals surface area contributed by atoms with Crippen molar-refractivity contribution in [2.75, 3.05) is 20.3 Å². The number of aryl methyl sites for hydroxylation is 2. The van der Waals surface area contributed by atoms with Crippen LogP contribution in [0.3, 0.4) is 0 Å². The summed E-state index contributed by atoms with van der Waals surface area (Å²) in [5.41, 5.74) is 3.63. The lowest BCUT2D eigenvalue weighted by atomic mass is 10.1. The van der Waals surface area contributed by atoms with Crippen LogP contribution in [0.1, 0.15) is 105 Å². The second-order valence-corrected chi connectivity index (χ2v) is 7.66. The minimum Gasteiger partial charge on any atom is -0.491 e. The molecule has 0 aliphatic carbocycles. The number of ether oxygens (including phenoxy) is 2. The molecule has 0 saturated carbocycles. The molecule has 7 nitrogen and oxygen atoms in total. The third-order valence-corrected chi connectivity index (χ3v) is 5.23. The van der Waals surface area contributed by atoms with Gasteiger partial charge in [0.1, 0.15) is 24.0 Å². The molecule has 0 amide bonds. The van der Waals surface area contributed by atoms with Crippen molar-refractivity contribution in [1.29, 1.82) is 0 Å². The van der Waals surface area contributed by atoms with Crippen LogP contribution in [0.5, 0.6) is 5.75 Å². The van der Waals surface area contributed by atoms with Crippen molar-refractivity contribution in [3.8, 4) is 5.75 Å². The van der Waals surface area contributed by atoms with Gasteiger partial charge in [0.05, 0.1) is 23.3 Å². The van der Waals surface area contributed by atoms with Crippen LogP contribution in [0.4, 0.5) is 0 Å². The third kappa shape index (κ3) is 10.6. The highest BCUT2D eigenvalue weighted by atomic mass is 16.5. The number of nitrogens with zero attached hydrogens (tertiary/aromatic N) is 4. The van der Waals surface area contributed by atoms with Crippen molar-refractivity contribution < 1.29 is 14.3 Å². The van der Waals surface area contributed by atoms with Crippen LogP contribution in [0.15, 0.2) is 18.2 Å². The molecule has 204 valence electrons.